The Morgan fingerprint density at radius 1 is 0.941 bits per heavy atom. The van der Waals surface area contributed by atoms with Crippen molar-refractivity contribution in [2.75, 3.05) is 18.8 Å². The summed E-state index contributed by atoms with van der Waals surface area (Å²) in [5.41, 5.74) is 1.50. The van der Waals surface area contributed by atoms with Crippen molar-refractivity contribution in [2.24, 2.45) is 5.92 Å². The van der Waals surface area contributed by atoms with E-state index in [9.17, 15) is 24.3 Å². The van der Waals surface area contributed by atoms with E-state index in [1.807, 2.05) is 60.7 Å². The average Bonchev–Trinajstić information content (AvgIpc) is 3.10. The zero-order valence-electron chi connectivity index (χ0n) is 31.1. The first kappa shape index (κ1) is 42.2. The lowest BCUT2D eigenvalue weighted by Gasteiger charge is -2.40. The fraction of sp³-hybridized carbons (Fsp3) is 0.590. The van der Waals surface area contributed by atoms with Crippen molar-refractivity contribution in [3.05, 3.63) is 71.8 Å². The highest BCUT2D eigenvalue weighted by molar-refractivity contribution is 7.99. The summed E-state index contributed by atoms with van der Waals surface area (Å²) in [5.74, 6) is 0.281. The Hall–Kier alpha value is -3.22. The molecule has 51 heavy (non-hydrogen) atoms. The maximum absolute atomic E-state index is 14.0. The van der Waals surface area contributed by atoms with E-state index in [-0.39, 0.29) is 17.6 Å². The van der Waals surface area contributed by atoms with E-state index in [0.29, 0.717) is 30.3 Å². The number of unbranched alkanes of at least 4 members (excludes halogenated alkanes) is 1. The van der Waals surface area contributed by atoms with Gasteiger partial charge in [-0.15, -0.1) is 0 Å². The summed E-state index contributed by atoms with van der Waals surface area (Å²) >= 11 is 3.19. The molecule has 3 rings (SSSR count). The van der Waals surface area contributed by atoms with Gasteiger partial charge in [-0.2, -0.15) is 23.5 Å². The molecule has 6 atom stereocenters. The zero-order valence-corrected chi connectivity index (χ0v) is 32.7. The smallest absolute Gasteiger partial charge is 0.411 e. The van der Waals surface area contributed by atoms with Crippen LogP contribution in [0, 0.1) is 5.92 Å². The third-order valence-electron chi connectivity index (χ3n) is 8.60. The van der Waals surface area contributed by atoms with Gasteiger partial charge in [0.1, 0.15) is 17.7 Å². The molecule has 2 aromatic carbocycles. The monoisotopic (exact) mass is 742 g/mol. The number of hydrogen-bond donors (Lipinski definition) is 4. The summed E-state index contributed by atoms with van der Waals surface area (Å²) in [6.07, 6.45) is 1.91. The number of carbonyl (C=O) groups excluding carboxylic acids is 4. The van der Waals surface area contributed by atoms with E-state index in [1.165, 1.54) is 4.90 Å². The fourth-order valence-corrected chi connectivity index (χ4v) is 8.23. The van der Waals surface area contributed by atoms with E-state index < -0.39 is 53.7 Å². The number of benzene rings is 2. The predicted octanol–water partition coefficient (Wildman–Crippen LogP) is 5.91. The average molecular weight is 743 g/mol. The summed E-state index contributed by atoms with van der Waals surface area (Å²) in [6.45, 7) is 11.8. The summed E-state index contributed by atoms with van der Waals surface area (Å²) in [4.78, 5) is 55.3. The van der Waals surface area contributed by atoms with Gasteiger partial charge in [0, 0.05) is 41.5 Å². The molecule has 0 unspecified atom stereocenters. The van der Waals surface area contributed by atoms with Gasteiger partial charge in [0.15, 0.2) is 0 Å². The minimum atomic E-state index is -0.994. The molecule has 0 spiro atoms. The van der Waals surface area contributed by atoms with Crippen LogP contribution in [0.5, 0.6) is 0 Å². The van der Waals surface area contributed by atoms with Gasteiger partial charge in [0.05, 0.1) is 12.1 Å². The molecule has 1 saturated heterocycles. The molecule has 0 radical (unpaired) electrons. The van der Waals surface area contributed by atoms with Crippen molar-refractivity contribution >= 4 is 47.3 Å². The lowest BCUT2D eigenvalue weighted by atomic mass is 9.98. The molecule has 2 aromatic rings. The third kappa shape index (κ3) is 14.7. The van der Waals surface area contributed by atoms with Crippen molar-refractivity contribution < 1.29 is 29.0 Å². The molecule has 0 bridgehead atoms. The first-order valence-electron chi connectivity index (χ1n) is 18.1. The molecular weight excluding hydrogens is 685 g/mol. The number of amides is 4. The van der Waals surface area contributed by atoms with Gasteiger partial charge in [-0.3, -0.25) is 19.3 Å². The summed E-state index contributed by atoms with van der Waals surface area (Å²) in [7, 11) is 0. The molecule has 4 N–H and O–H groups in total. The van der Waals surface area contributed by atoms with Crippen LogP contribution in [0.1, 0.15) is 84.8 Å². The number of piperidine rings is 1. The van der Waals surface area contributed by atoms with Gasteiger partial charge in [0.25, 0.3) is 0 Å². The van der Waals surface area contributed by atoms with Crippen LogP contribution in [0.2, 0.25) is 0 Å². The third-order valence-corrected chi connectivity index (χ3v) is 11.2. The summed E-state index contributed by atoms with van der Waals surface area (Å²) in [6, 6.07) is 17.4. The number of nitrogens with zero attached hydrogens (tertiary/aromatic N) is 1. The Labute approximate surface area is 313 Å². The van der Waals surface area contributed by atoms with E-state index >= 15 is 0 Å². The summed E-state index contributed by atoms with van der Waals surface area (Å²) in [5, 5.41) is 19.9. The maximum atomic E-state index is 14.0. The Balaban J connectivity index is 1.73. The van der Waals surface area contributed by atoms with Gasteiger partial charge in [-0.05, 0) is 64.5 Å². The van der Waals surface area contributed by atoms with Crippen LogP contribution in [0.3, 0.4) is 0 Å². The molecule has 0 aromatic heterocycles. The van der Waals surface area contributed by atoms with Gasteiger partial charge < -0.3 is 25.8 Å². The number of nitrogens with one attached hydrogen (secondary N) is 3. The van der Waals surface area contributed by atoms with Crippen molar-refractivity contribution in [3.8, 4) is 0 Å². The van der Waals surface area contributed by atoms with Crippen molar-refractivity contribution in [1.29, 1.82) is 0 Å². The van der Waals surface area contributed by atoms with E-state index in [4.69, 9.17) is 4.74 Å². The van der Waals surface area contributed by atoms with Crippen LogP contribution in [0.25, 0.3) is 0 Å². The van der Waals surface area contributed by atoms with Gasteiger partial charge >= 0.3 is 6.09 Å². The van der Waals surface area contributed by atoms with E-state index in [1.54, 1.807) is 58.1 Å². The van der Waals surface area contributed by atoms with E-state index in [2.05, 4.69) is 22.9 Å². The van der Waals surface area contributed by atoms with Crippen LogP contribution in [0.4, 0.5) is 4.79 Å². The highest BCUT2D eigenvalue weighted by atomic mass is 32.2. The highest BCUT2D eigenvalue weighted by Crippen LogP contribution is 2.32. The van der Waals surface area contributed by atoms with Gasteiger partial charge in [-0.1, -0.05) is 80.9 Å². The number of ether oxygens (including phenoxy) is 1. The van der Waals surface area contributed by atoms with Crippen molar-refractivity contribution in [2.45, 2.75) is 120 Å². The molecule has 1 heterocycles. The van der Waals surface area contributed by atoms with Gasteiger partial charge in [-0.25, -0.2) is 4.79 Å². The SMILES string of the molecule is CCCCNC(=O)[C@H](C)C[C@H](O)[C@H](CSCc1ccccc1)NC(=O)[C@H](C)NC(=O)[C@@H]1[C@H](SCc2ccccc2)CCCN1C(=O)OC(C)(C)C. The van der Waals surface area contributed by atoms with Gasteiger partial charge in [0.2, 0.25) is 17.7 Å². The predicted molar refractivity (Wildman–Crippen MR) is 207 cm³/mol. The second kappa shape index (κ2) is 21.3. The normalized spacial score (nSPS) is 18.5. The van der Waals surface area contributed by atoms with Crippen LogP contribution in [-0.4, -0.2) is 87.7 Å². The number of rotatable bonds is 18. The topological polar surface area (TPSA) is 137 Å². The number of hydrogen-bond acceptors (Lipinski definition) is 8. The summed E-state index contributed by atoms with van der Waals surface area (Å²) < 4.78 is 5.71. The number of thioether (sulfide) groups is 2. The molecule has 282 valence electrons. The molecule has 1 aliphatic rings. The molecule has 10 nitrogen and oxygen atoms in total. The van der Waals surface area contributed by atoms with Crippen LogP contribution >= 0.6 is 23.5 Å². The second-order valence-electron chi connectivity index (χ2n) is 14.3. The zero-order chi connectivity index (χ0) is 37.4. The minimum Gasteiger partial charge on any atom is -0.444 e. The van der Waals surface area contributed by atoms with Crippen LogP contribution in [-0.2, 0) is 30.6 Å². The first-order valence-corrected chi connectivity index (χ1v) is 20.3. The number of aliphatic hydroxyl groups is 1. The van der Waals surface area contributed by atoms with E-state index in [0.717, 1.165) is 36.8 Å². The lowest BCUT2D eigenvalue weighted by Crippen LogP contribution is -2.61. The highest BCUT2D eigenvalue weighted by Gasteiger charge is 2.42. The first-order chi connectivity index (χ1) is 24.3. The van der Waals surface area contributed by atoms with Crippen molar-refractivity contribution in [3.63, 3.8) is 0 Å². The quantitative estimate of drug-likeness (QED) is 0.138. The Morgan fingerprint density at radius 2 is 1.57 bits per heavy atom. The number of likely N-dealkylation sites (tertiary alicyclic amines) is 1. The Kier molecular flexibility index (Phi) is 17.7. The van der Waals surface area contributed by atoms with Crippen LogP contribution in [0.15, 0.2) is 60.7 Å². The standard InChI is InChI=1S/C39H58N4O6S2/c1-7-8-21-40-35(45)27(2)23-32(44)31(26-50-24-29-16-11-9-12-17-29)42-36(46)28(3)41-37(47)34-33(51-25-30-18-13-10-14-19-30)20-15-22-43(34)38(48)49-39(4,5)6/h9-14,16-19,27-28,31-34,44H,7-8,15,20-26H2,1-6H3,(H,40,45)(H,41,47)(H,42,46)/t27-,28+,31+,32+,33-,34+/m1/s1. The molecule has 12 heteroatoms. The largest absolute Gasteiger partial charge is 0.444 e. The fourth-order valence-electron chi connectivity index (χ4n) is 5.74. The Morgan fingerprint density at radius 3 is 2.18 bits per heavy atom. The minimum absolute atomic E-state index is 0.133. The molecular formula is C39H58N4O6S2. The number of aliphatic hydroxyl groups excluding tert-OH is 1. The number of carbonyl (C=O) groups is 4. The lowest BCUT2D eigenvalue weighted by molar-refractivity contribution is -0.132. The molecule has 0 aliphatic carbocycles. The van der Waals surface area contributed by atoms with Crippen LogP contribution < -0.4 is 16.0 Å². The maximum Gasteiger partial charge on any atom is 0.411 e. The molecule has 4 amide bonds. The molecule has 1 fully saturated rings. The molecule has 1 aliphatic heterocycles. The molecule has 0 saturated carbocycles. The Bertz CT molecular complexity index is 1380. The van der Waals surface area contributed by atoms with Crippen molar-refractivity contribution in [1.82, 2.24) is 20.9 Å². The second-order valence-corrected chi connectivity index (χ2v) is 16.5.